The lowest BCUT2D eigenvalue weighted by molar-refractivity contribution is -0.206. The molecule has 18 heavy (non-hydrogen) atoms. The Kier molecular flexibility index (Phi) is 3.75. The van der Waals surface area contributed by atoms with Crippen LogP contribution in [-0.4, -0.2) is 0 Å². The molecule has 0 bridgehead atoms. The number of hydrogen-bond donors (Lipinski definition) is 1. The fourth-order valence-corrected chi connectivity index (χ4v) is 2.20. The molecule has 6 heteroatoms. The van der Waals surface area contributed by atoms with E-state index in [-0.39, 0.29) is 0 Å². The monoisotopic (exact) mass is 263 g/mol. The zero-order valence-corrected chi connectivity index (χ0v) is 10.4. The fraction of sp³-hybridized carbons (Fsp3) is 0. The van der Waals surface area contributed by atoms with E-state index >= 15 is 0 Å². The first-order chi connectivity index (χ1) is 8.72. The van der Waals surface area contributed by atoms with Gasteiger partial charge in [0.2, 0.25) is 0 Å². The normalized spacial score (nSPS) is 10.7. The summed E-state index contributed by atoms with van der Waals surface area (Å²) < 4.78 is 22.6. The molecule has 2 N–H and O–H groups in total. The number of para-hydroxylation sites is 2. The van der Waals surface area contributed by atoms with Crippen LogP contribution in [0.3, 0.4) is 0 Å². The van der Waals surface area contributed by atoms with E-state index in [9.17, 15) is 4.57 Å². The summed E-state index contributed by atoms with van der Waals surface area (Å²) in [4.78, 5) is 3.22. The second-order valence-corrected chi connectivity index (χ2v) is 4.93. The van der Waals surface area contributed by atoms with Crippen LogP contribution in [-0.2, 0) is 4.57 Å². The number of hydrogen-bond acceptors (Lipinski definition) is 3. The molecule has 0 spiro atoms. The van der Waals surface area contributed by atoms with Crippen molar-refractivity contribution in [3.05, 3.63) is 60.7 Å². The van der Waals surface area contributed by atoms with E-state index in [0.29, 0.717) is 11.5 Å². The Bertz CT molecular complexity index is 515. The van der Waals surface area contributed by atoms with Gasteiger partial charge < -0.3 is 9.05 Å². The Morgan fingerprint density at radius 3 is 1.56 bits per heavy atom. The van der Waals surface area contributed by atoms with Crippen molar-refractivity contribution in [3.63, 3.8) is 0 Å². The summed E-state index contributed by atoms with van der Waals surface area (Å²) >= 11 is 0. The molecule has 92 valence electrons. The van der Waals surface area contributed by atoms with E-state index in [1.807, 2.05) is 12.1 Å². The van der Waals surface area contributed by atoms with Gasteiger partial charge in [-0.2, -0.15) is 0 Å². The van der Waals surface area contributed by atoms with E-state index in [1.54, 1.807) is 48.5 Å². The number of benzene rings is 2. The maximum absolute atomic E-state index is 12.2. The quantitative estimate of drug-likeness (QED) is 0.665. The lowest BCUT2D eigenvalue weighted by atomic mass is 10.3. The second kappa shape index (κ2) is 5.47. The van der Waals surface area contributed by atoms with Crippen LogP contribution in [0.4, 0.5) is 0 Å². The van der Waals surface area contributed by atoms with Crippen LogP contribution in [0, 0.1) is 0 Å². The molecule has 0 aliphatic carbocycles. The minimum atomic E-state index is -3.74. The molecule has 0 heterocycles. The Morgan fingerprint density at radius 1 is 0.833 bits per heavy atom. The molecule has 0 saturated heterocycles. The summed E-state index contributed by atoms with van der Waals surface area (Å²) in [5.74, 6) is 0.761. The Morgan fingerprint density at radius 2 is 1.22 bits per heavy atom. The first kappa shape index (κ1) is 12.3. The topological polar surface area (TPSA) is 73.5 Å². The third-order valence-electron chi connectivity index (χ3n) is 2.07. The molecule has 0 radical (unpaired) electrons. The highest BCUT2D eigenvalue weighted by Crippen LogP contribution is 2.48. The Balaban J connectivity index is 2.16. The van der Waals surface area contributed by atoms with E-state index in [2.05, 4.69) is 4.88 Å². The van der Waals surface area contributed by atoms with Gasteiger partial charge in [0.15, 0.2) is 0 Å². The zero-order chi connectivity index (χ0) is 12.8. The van der Waals surface area contributed by atoms with Gasteiger partial charge in [-0.05, 0) is 24.3 Å². The van der Waals surface area contributed by atoms with Crippen molar-refractivity contribution in [2.75, 3.05) is 0 Å². The van der Waals surface area contributed by atoms with Crippen molar-refractivity contribution in [1.82, 2.24) is 0 Å². The molecule has 2 rings (SSSR count). The largest absolute Gasteiger partial charge is 0.618 e. The van der Waals surface area contributed by atoms with Gasteiger partial charge >= 0.3 is 7.75 Å². The second-order valence-electron chi connectivity index (χ2n) is 3.39. The van der Waals surface area contributed by atoms with Gasteiger partial charge in [-0.1, -0.05) is 36.4 Å². The molecule has 5 nitrogen and oxygen atoms in total. The maximum atomic E-state index is 12.2. The molecule has 0 aliphatic rings. The molecule has 0 amide bonds. The van der Waals surface area contributed by atoms with Gasteiger partial charge in [0, 0.05) is 0 Å². The Labute approximate surface area is 104 Å². The molecule has 0 aliphatic heterocycles. The SMILES string of the molecule is [NH2+]=NP(=O)(Oc1ccccc1)Oc1ccccc1. The molecule has 0 fully saturated rings. The number of nitrogens with zero attached hydrogens (tertiary/aromatic N) is 1. The van der Waals surface area contributed by atoms with Gasteiger partial charge in [0.25, 0.3) is 0 Å². The lowest BCUT2D eigenvalue weighted by Gasteiger charge is -2.11. The Hall–Kier alpha value is -2.13. The van der Waals surface area contributed by atoms with Gasteiger partial charge in [0.05, 0.1) is 4.88 Å². The molecule has 0 saturated carbocycles. The first-order valence-corrected chi connectivity index (χ1v) is 6.73. The fourth-order valence-electron chi connectivity index (χ4n) is 1.29. The number of rotatable bonds is 5. The highest BCUT2D eigenvalue weighted by molar-refractivity contribution is 7.52. The van der Waals surface area contributed by atoms with E-state index in [0.717, 1.165) is 0 Å². The van der Waals surface area contributed by atoms with Gasteiger partial charge in [-0.15, -0.1) is 5.53 Å². The molecular formula is C12H12N2O3P+. The molecule has 2 aromatic carbocycles. The van der Waals surface area contributed by atoms with Crippen molar-refractivity contribution in [2.45, 2.75) is 0 Å². The van der Waals surface area contributed by atoms with Crippen molar-refractivity contribution >= 4 is 7.75 Å². The summed E-state index contributed by atoms with van der Waals surface area (Å²) in [6, 6.07) is 17.2. The van der Waals surface area contributed by atoms with E-state index in [4.69, 9.17) is 14.6 Å². The first-order valence-electron chi connectivity index (χ1n) is 5.24. The zero-order valence-electron chi connectivity index (χ0n) is 9.47. The van der Waals surface area contributed by atoms with Crippen LogP contribution in [0.15, 0.2) is 65.5 Å². The summed E-state index contributed by atoms with van der Waals surface area (Å²) in [7, 11) is -3.74. The summed E-state index contributed by atoms with van der Waals surface area (Å²) in [5, 5.41) is 0. The molecule has 0 atom stereocenters. The van der Waals surface area contributed by atoms with Crippen molar-refractivity contribution in [3.8, 4) is 11.5 Å². The van der Waals surface area contributed by atoms with Crippen LogP contribution >= 0.6 is 7.75 Å². The molecule has 0 aromatic heterocycles. The maximum Gasteiger partial charge on any atom is 0.618 e. The minimum absolute atomic E-state index is 0.381. The van der Waals surface area contributed by atoms with E-state index < -0.39 is 7.75 Å². The average Bonchev–Trinajstić information content (AvgIpc) is 2.41. The summed E-state index contributed by atoms with van der Waals surface area (Å²) in [5.41, 5.74) is 5.11. The van der Waals surface area contributed by atoms with Gasteiger partial charge in [-0.3, -0.25) is 0 Å². The smallest absolute Gasteiger partial charge is 0.396 e. The predicted molar refractivity (Wildman–Crippen MR) is 66.1 cm³/mol. The van der Waals surface area contributed by atoms with Crippen LogP contribution in [0.5, 0.6) is 11.5 Å². The molecular weight excluding hydrogens is 251 g/mol. The highest BCUT2D eigenvalue weighted by Gasteiger charge is 2.31. The molecule has 0 unspecified atom stereocenters. The minimum Gasteiger partial charge on any atom is -0.396 e. The highest BCUT2D eigenvalue weighted by atomic mass is 31.2. The lowest BCUT2D eigenvalue weighted by Crippen LogP contribution is -2.24. The third kappa shape index (κ3) is 3.18. The third-order valence-corrected chi connectivity index (χ3v) is 3.24. The van der Waals surface area contributed by atoms with Crippen LogP contribution in [0.1, 0.15) is 0 Å². The summed E-state index contributed by atoms with van der Waals surface area (Å²) in [6.45, 7) is 0. The van der Waals surface area contributed by atoms with Gasteiger partial charge in [-0.25, -0.2) is 4.57 Å². The van der Waals surface area contributed by atoms with Gasteiger partial charge in [0.1, 0.15) is 11.5 Å². The van der Waals surface area contributed by atoms with E-state index in [1.165, 1.54) is 0 Å². The summed E-state index contributed by atoms with van der Waals surface area (Å²) in [6.07, 6.45) is 0. The van der Waals surface area contributed by atoms with Crippen molar-refractivity contribution in [2.24, 2.45) is 4.88 Å². The number of nitrogens with two attached hydrogens (primary N) is 1. The van der Waals surface area contributed by atoms with Crippen LogP contribution in [0.25, 0.3) is 0 Å². The molecule has 2 aromatic rings. The van der Waals surface area contributed by atoms with Crippen LogP contribution < -0.4 is 14.6 Å². The average molecular weight is 263 g/mol. The van der Waals surface area contributed by atoms with Crippen LogP contribution in [0.2, 0.25) is 0 Å². The van der Waals surface area contributed by atoms with Crippen molar-refractivity contribution < 1.29 is 19.1 Å². The van der Waals surface area contributed by atoms with Crippen molar-refractivity contribution in [1.29, 1.82) is 0 Å². The predicted octanol–water partition coefficient (Wildman–Crippen LogP) is 2.46. The standard InChI is InChI=1S/C12H11N2O3P/c13-14-18(15,16-11-7-3-1-4-8-11)17-12-9-5-2-6-10-12/h1-10,13H/p+1.